The Kier molecular flexibility index (Phi) is 3.98. The number of hydrogen-bond donors (Lipinski definition) is 1. The van der Waals surface area contributed by atoms with Crippen LogP contribution < -0.4 is 0 Å². The van der Waals surface area contributed by atoms with Crippen LogP contribution in [-0.4, -0.2) is 17.7 Å². The van der Waals surface area contributed by atoms with E-state index in [4.69, 9.17) is 0 Å². The largest absolute Gasteiger partial charge is 0.507 e. The van der Waals surface area contributed by atoms with Crippen LogP contribution in [0.15, 0.2) is 18.2 Å². The van der Waals surface area contributed by atoms with Crippen LogP contribution in [0.5, 0.6) is 5.75 Å². The summed E-state index contributed by atoms with van der Waals surface area (Å²) in [5.41, 5.74) is -0.848. The first-order chi connectivity index (χ1) is 7.84. The maximum Gasteiger partial charge on any atom is 0.419 e. The Balaban J connectivity index is 2.86. The van der Waals surface area contributed by atoms with Gasteiger partial charge in [-0.1, -0.05) is 6.07 Å². The van der Waals surface area contributed by atoms with E-state index >= 15 is 0 Å². The summed E-state index contributed by atoms with van der Waals surface area (Å²) in [6.07, 6.45) is -4.77. The standard InChI is InChI=1S/C11H11F3O3/c1-2-17-10(16)6-7-3-4-8(9(15)5-7)11(12,13)14/h3-5,15H,2,6H2,1H3. The molecule has 0 saturated heterocycles. The molecule has 1 N–H and O–H groups in total. The summed E-state index contributed by atoms with van der Waals surface area (Å²) < 4.78 is 41.6. The molecule has 0 aliphatic carbocycles. The molecule has 0 radical (unpaired) electrons. The molecule has 6 heteroatoms. The highest BCUT2D eigenvalue weighted by Gasteiger charge is 2.33. The minimum absolute atomic E-state index is 0.167. The highest BCUT2D eigenvalue weighted by molar-refractivity contribution is 5.72. The molecule has 1 aromatic rings. The van der Waals surface area contributed by atoms with E-state index in [1.807, 2.05) is 0 Å². The number of carbonyl (C=O) groups is 1. The Hall–Kier alpha value is -1.72. The lowest BCUT2D eigenvalue weighted by Crippen LogP contribution is -2.09. The molecule has 0 amide bonds. The smallest absolute Gasteiger partial charge is 0.419 e. The van der Waals surface area contributed by atoms with Crippen molar-refractivity contribution in [3.05, 3.63) is 29.3 Å². The average Bonchev–Trinajstić information content (AvgIpc) is 2.15. The third-order valence-corrected chi connectivity index (χ3v) is 2.02. The zero-order valence-corrected chi connectivity index (χ0v) is 9.04. The fourth-order valence-electron chi connectivity index (χ4n) is 1.31. The summed E-state index contributed by atoms with van der Waals surface area (Å²) in [6.45, 7) is 1.83. The molecule has 1 rings (SSSR count). The molecular formula is C11H11F3O3. The Morgan fingerprint density at radius 3 is 2.53 bits per heavy atom. The first-order valence-electron chi connectivity index (χ1n) is 4.89. The summed E-state index contributed by atoms with van der Waals surface area (Å²) in [5, 5.41) is 9.20. The first-order valence-corrected chi connectivity index (χ1v) is 4.89. The lowest BCUT2D eigenvalue weighted by molar-refractivity contribution is -0.142. The molecule has 0 aliphatic rings. The second-order valence-corrected chi connectivity index (χ2v) is 3.33. The molecule has 0 spiro atoms. The van der Waals surface area contributed by atoms with Crippen LogP contribution in [0.1, 0.15) is 18.1 Å². The van der Waals surface area contributed by atoms with Crippen molar-refractivity contribution in [2.75, 3.05) is 6.61 Å². The van der Waals surface area contributed by atoms with Crippen LogP contribution >= 0.6 is 0 Å². The normalized spacial score (nSPS) is 11.3. The summed E-state index contributed by atoms with van der Waals surface area (Å²) in [5.74, 6) is -1.44. The molecule has 94 valence electrons. The summed E-state index contributed by atoms with van der Waals surface area (Å²) in [7, 11) is 0. The highest BCUT2D eigenvalue weighted by Crippen LogP contribution is 2.35. The van der Waals surface area contributed by atoms with Crippen molar-refractivity contribution in [3.63, 3.8) is 0 Å². The number of alkyl halides is 3. The SMILES string of the molecule is CCOC(=O)Cc1ccc(C(F)(F)F)c(O)c1. The molecule has 0 unspecified atom stereocenters. The van der Waals surface area contributed by atoms with E-state index in [2.05, 4.69) is 4.74 Å². The maximum atomic E-state index is 12.3. The highest BCUT2D eigenvalue weighted by atomic mass is 19.4. The molecule has 1 aromatic carbocycles. The zero-order chi connectivity index (χ0) is 13.1. The van der Waals surface area contributed by atoms with Gasteiger partial charge in [0.1, 0.15) is 5.75 Å². The van der Waals surface area contributed by atoms with Crippen molar-refractivity contribution in [2.24, 2.45) is 0 Å². The van der Waals surface area contributed by atoms with Gasteiger partial charge in [-0.2, -0.15) is 13.2 Å². The predicted octanol–water partition coefficient (Wildman–Crippen LogP) is 2.52. The quantitative estimate of drug-likeness (QED) is 0.836. The average molecular weight is 248 g/mol. The number of aromatic hydroxyl groups is 1. The Bertz CT molecular complexity index is 413. The van der Waals surface area contributed by atoms with Gasteiger partial charge in [-0.3, -0.25) is 4.79 Å². The van der Waals surface area contributed by atoms with Gasteiger partial charge in [0.15, 0.2) is 0 Å². The van der Waals surface area contributed by atoms with Gasteiger partial charge in [0.2, 0.25) is 0 Å². The van der Waals surface area contributed by atoms with Crippen molar-refractivity contribution in [2.45, 2.75) is 19.5 Å². The van der Waals surface area contributed by atoms with E-state index in [0.29, 0.717) is 0 Å². The first kappa shape index (κ1) is 13.3. The molecule has 0 bridgehead atoms. The summed E-state index contributed by atoms with van der Waals surface area (Å²) >= 11 is 0. The van der Waals surface area contributed by atoms with Gasteiger partial charge in [0, 0.05) is 0 Å². The number of esters is 1. The molecule has 0 fully saturated rings. The number of hydrogen-bond acceptors (Lipinski definition) is 3. The van der Waals surface area contributed by atoms with Crippen LogP contribution in [0, 0.1) is 0 Å². The van der Waals surface area contributed by atoms with Crippen LogP contribution in [0.3, 0.4) is 0 Å². The number of carbonyl (C=O) groups excluding carboxylic acids is 1. The molecule has 0 saturated carbocycles. The van der Waals surface area contributed by atoms with E-state index in [1.165, 1.54) is 0 Å². The van der Waals surface area contributed by atoms with E-state index in [-0.39, 0.29) is 18.6 Å². The summed E-state index contributed by atoms with van der Waals surface area (Å²) in [6, 6.07) is 2.79. The van der Waals surface area contributed by atoms with Crippen molar-refractivity contribution in [1.82, 2.24) is 0 Å². The van der Waals surface area contributed by atoms with Gasteiger partial charge < -0.3 is 9.84 Å². The molecule has 0 atom stereocenters. The van der Waals surface area contributed by atoms with Gasteiger partial charge in [0.25, 0.3) is 0 Å². The fourth-order valence-corrected chi connectivity index (χ4v) is 1.31. The fraction of sp³-hybridized carbons (Fsp3) is 0.364. The van der Waals surface area contributed by atoms with E-state index in [1.54, 1.807) is 6.92 Å². The third-order valence-electron chi connectivity index (χ3n) is 2.02. The number of halogens is 3. The second kappa shape index (κ2) is 5.07. The second-order valence-electron chi connectivity index (χ2n) is 3.33. The number of ether oxygens (including phenoxy) is 1. The van der Waals surface area contributed by atoms with Crippen LogP contribution in [0.25, 0.3) is 0 Å². The Labute approximate surface area is 95.8 Å². The number of rotatable bonds is 3. The lowest BCUT2D eigenvalue weighted by Gasteiger charge is -2.10. The van der Waals surface area contributed by atoms with Gasteiger partial charge in [-0.15, -0.1) is 0 Å². The third kappa shape index (κ3) is 3.65. The number of benzene rings is 1. The van der Waals surface area contributed by atoms with E-state index in [0.717, 1.165) is 18.2 Å². The maximum absolute atomic E-state index is 12.3. The van der Waals surface area contributed by atoms with Crippen molar-refractivity contribution in [1.29, 1.82) is 0 Å². The van der Waals surface area contributed by atoms with Crippen LogP contribution in [0.2, 0.25) is 0 Å². The minimum Gasteiger partial charge on any atom is -0.507 e. The number of phenolic OH excluding ortho intramolecular Hbond substituents is 1. The van der Waals surface area contributed by atoms with Crippen molar-refractivity contribution in [3.8, 4) is 5.75 Å². The molecule has 0 aliphatic heterocycles. The lowest BCUT2D eigenvalue weighted by atomic mass is 10.1. The van der Waals surface area contributed by atoms with Gasteiger partial charge in [0.05, 0.1) is 18.6 Å². The van der Waals surface area contributed by atoms with Crippen LogP contribution in [-0.2, 0) is 22.1 Å². The van der Waals surface area contributed by atoms with Gasteiger partial charge in [-0.25, -0.2) is 0 Å². The topological polar surface area (TPSA) is 46.5 Å². The predicted molar refractivity (Wildman–Crippen MR) is 53.4 cm³/mol. The summed E-state index contributed by atoms with van der Waals surface area (Å²) in [4.78, 5) is 11.1. The van der Waals surface area contributed by atoms with Gasteiger partial charge >= 0.3 is 12.1 Å². The zero-order valence-electron chi connectivity index (χ0n) is 9.04. The molecule has 0 heterocycles. The van der Waals surface area contributed by atoms with Crippen molar-refractivity contribution < 1.29 is 27.8 Å². The van der Waals surface area contributed by atoms with Crippen molar-refractivity contribution >= 4 is 5.97 Å². The molecule has 0 aromatic heterocycles. The van der Waals surface area contributed by atoms with E-state index < -0.39 is 23.5 Å². The molecule has 3 nitrogen and oxygen atoms in total. The number of phenols is 1. The molecule has 17 heavy (non-hydrogen) atoms. The Morgan fingerprint density at radius 1 is 1.41 bits per heavy atom. The van der Waals surface area contributed by atoms with E-state index in [9.17, 15) is 23.1 Å². The Morgan fingerprint density at radius 2 is 2.06 bits per heavy atom. The molecular weight excluding hydrogens is 237 g/mol. The minimum atomic E-state index is -4.60. The van der Waals surface area contributed by atoms with Crippen LogP contribution in [0.4, 0.5) is 13.2 Å². The van der Waals surface area contributed by atoms with Gasteiger partial charge in [-0.05, 0) is 24.6 Å². The monoisotopic (exact) mass is 248 g/mol.